The Morgan fingerprint density at radius 1 is 1.39 bits per heavy atom. The second kappa shape index (κ2) is 10.0. The van der Waals surface area contributed by atoms with E-state index >= 15 is 0 Å². The van der Waals surface area contributed by atoms with Crippen molar-refractivity contribution < 1.29 is 9.59 Å². The molecule has 0 saturated carbocycles. The van der Waals surface area contributed by atoms with Crippen LogP contribution in [0.25, 0.3) is 6.08 Å². The van der Waals surface area contributed by atoms with Crippen LogP contribution in [0.15, 0.2) is 33.6 Å². The zero-order chi connectivity index (χ0) is 20.1. The molecule has 4 nitrogen and oxygen atoms in total. The molecule has 2 fully saturated rings. The Labute approximate surface area is 184 Å². The van der Waals surface area contributed by atoms with Crippen molar-refractivity contribution in [3.63, 3.8) is 0 Å². The standard InChI is InChI=1S/C21H25BrN2O2S2/c1-2-17-9-3-4-11-23(17)19(25)10-6-12-24-20(26)18(28-21(24)27)14-15-7-5-8-16(22)13-15/h5,7-8,13-14,17H,2-4,6,9-12H2,1H3/b18-14-/t17-/m0/s1. The van der Waals surface area contributed by atoms with Crippen molar-refractivity contribution in [3.8, 4) is 0 Å². The van der Waals surface area contributed by atoms with Crippen LogP contribution in [0.1, 0.15) is 51.0 Å². The Bertz CT molecular complexity index is 796. The van der Waals surface area contributed by atoms with Gasteiger partial charge in [0.1, 0.15) is 4.32 Å². The van der Waals surface area contributed by atoms with Gasteiger partial charge in [-0.15, -0.1) is 0 Å². The highest BCUT2D eigenvalue weighted by Crippen LogP contribution is 2.33. The first-order valence-electron chi connectivity index (χ1n) is 9.80. The van der Waals surface area contributed by atoms with Gasteiger partial charge in [0.05, 0.1) is 4.91 Å². The van der Waals surface area contributed by atoms with Crippen LogP contribution >= 0.6 is 39.9 Å². The van der Waals surface area contributed by atoms with Crippen molar-refractivity contribution in [3.05, 3.63) is 39.2 Å². The van der Waals surface area contributed by atoms with Gasteiger partial charge in [0.15, 0.2) is 0 Å². The number of thiocarbonyl (C=S) groups is 1. The van der Waals surface area contributed by atoms with Crippen LogP contribution in [-0.2, 0) is 9.59 Å². The van der Waals surface area contributed by atoms with Crippen molar-refractivity contribution in [2.75, 3.05) is 13.1 Å². The third kappa shape index (κ3) is 5.24. The summed E-state index contributed by atoms with van der Waals surface area (Å²) >= 11 is 10.2. The Hall–Kier alpha value is -1.18. The predicted molar refractivity (Wildman–Crippen MR) is 123 cm³/mol. The molecular weight excluding hydrogens is 456 g/mol. The van der Waals surface area contributed by atoms with Crippen LogP contribution in [0.5, 0.6) is 0 Å². The van der Waals surface area contributed by atoms with Gasteiger partial charge in [0.2, 0.25) is 5.91 Å². The third-order valence-corrected chi connectivity index (χ3v) is 7.08. The summed E-state index contributed by atoms with van der Waals surface area (Å²) in [5.41, 5.74) is 0.959. The van der Waals surface area contributed by atoms with E-state index in [-0.39, 0.29) is 11.8 Å². The Morgan fingerprint density at radius 2 is 2.21 bits per heavy atom. The summed E-state index contributed by atoms with van der Waals surface area (Å²) in [5, 5.41) is 0. The molecule has 2 saturated heterocycles. The third-order valence-electron chi connectivity index (χ3n) is 5.21. The summed E-state index contributed by atoms with van der Waals surface area (Å²) in [6, 6.07) is 8.19. The highest BCUT2D eigenvalue weighted by atomic mass is 79.9. The Morgan fingerprint density at radius 3 is 2.96 bits per heavy atom. The molecule has 150 valence electrons. The van der Waals surface area contributed by atoms with E-state index in [2.05, 4.69) is 22.9 Å². The molecule has 2 aliphatic heterocycles. The highest BCUT2D eigenvalue weighted by Gasteiger charge is 2.32. The van der Waals surface area contributed by atoms with Crippen LogP contribution in [0.3, 0.4) is 0 Å². The fourth-order valence-corrected chi connectivity index (χ4v) is 5.45. The number of benzene rings is 1. The maximum absolute atomic E-state index is 12.7. The molecule has 2 amide bonds. The van der Waals surface area contributed by atoms with Crippen LogP contribution < -0.4 is 0 Å². The van der Waals surface area contributed by atoms with Crippen molar-refractivity contribution >= 4 is 62.1 Å². The summed E-state index contributed by atoms with van der Waals surface area (Å²) in [6.45, 7) is 3.51. The molecule has 0 aliphatic carbocycles. The normalized spacial score (nSPS) is 21.6. The van der Waals surface area contributed by atoms with E-state index in [1.807, 2.05) is 35.2 Å². The first-order valence-corrected chi connectivity index (χ1v) is 11.8. The molecule has 2 aliphatic rings. The zero-order valence-corrected chi connectivity index (χ0v) is 19.2. The average molecular weight is 481 g/mol. The predicted octanol–water partition coefficient (Wildman–Crippen LogP) is 5.22. The molecule has 0 aromatic heterocycles. The minimum absolute atomic E-state index is 0.0631. The fraction of sp³-hybridized carbons (Fsp3) is 0.476. The van der Waals surface area contributed by atoms with E-state index in [0.29, 0.717) is 34.7 Å². The van der Waals surface area contributed by atoms with Crippen LogP contribution in [0.2, 0.25) is 0 Å². The quantitative estimate of drug-likeness (QED) is 0.413. The lowest BCUT2D eigenvalue weighted by Gasteiger charge is -2.35. The van der Waals surface area contributed by atoms with E-state index < -0.39 is 0 Å². The van der Waals surface area contributed by atoms with Crippen molar-refractivity contribution in [1.82, 2.24) is 9.80 Å². The summed E-state index contributed by atoms with van der Waals surface area (Å²) < 4.78 is 1.54. The number of rotatable bonds is 6. The average Bonchev–Trinajstić information content (AvgIpc) is 2.95. The molecular formula is C21H25BrN2O2S2. The lowest BCUT2D eigenvalue weighted by molar-refractivity contribution is -0.135. The van der Waals surface area contributed by atoms with E-state index in [1.165, 1.54) is 18.2 Å². The van der Waals surface area contributed by atoms with Gasteiger partial charge in [-0.1, -0.05) is 59.0 Å². The molecule has 1 atom stereocenters. The molecule has 0 unspecified atom stereocenters. The molecule has 3 rings (SSSR count). The summed E-state index contributed by atoms with van der Waals surface area (Å²) in [6.07, 6.45) is 7.41. The van der Waals surface area contributed by atoms with E-state index in [9.17, 15) is 9.59 Å². The number of halogens is 1. The highest BCUT2D eigenvalue weighted by molar-refractivity contribution is 9.10. The molecule has 0 bridgehead atoms. The van der Waals surface area contributed by atoms with Gasteiger partial charge in [-0.05, 0) is 55.9 Å². The second-order valence-electron chi connectivity index (χ2n) is 7.14. The van der Waals surface area contributed by atoms with Crippen LogP contribution in [-0.4, -0.2) is 45.1 Å². The lowest BCUT2D eigenvalue weighted by Crippen LogP contribution is -2.43. The number of amides is 2. The molecule has 2 heterocycles. The number of piperidine rings is 1. The molecule has 1 aromatic carbocycles. The largest absolute Gasteiger partial charge is 0.340 e. The van der Waals surface area contributed by atoms with E-state index in [0.717, 1.165) is 35.8 Å². The number of hydrogen-bond acceptors (Lipinski definition) is 4. The smallest absolute Gasteiger partial charge is 0.266 e. The van der Waals surface area contributed by atoms with Crippen LogP contribution in [0, 0.1) is 0 Å². The number of hydrogen-bond donors (Lipinski definition) is 0. The van der Waals surface area contributed by atoms with Gasteiger partial charge in [-0.3, -0.25) is 14.5 Å². The maximum atomic E-state index is 12.7. The fourth-order valence-electron chi connectivity index (χ4n) is 3.73. The monoisotopic (exact) mass is 480 g/mol. The summed E-state index contributed by atoms with van der Waals surface area (Å²) in [7, 11) is 0. The van der Waals surface area contributed by atoms with E-state index in [1.54, 1.807) is 4.90 Å². The zero-order valence-electron chi connectivity index (χ0n) is 16.0. The van der Waals surface area contributed by atoms with Gasteiger partial charge in [-0.2, -0.15) is 0 Å². The van der Waals surface area contributed by atoms with Gasteiger partial charge in [-0.25, -0.2) is 0 Å². The first-order chi connectivity index (χ1) is 13.5. The topological polar surface area (TPSA) is 40.6 Å². The Balaban J connectivity index is 1.55. The maximum Gasteiger partial charge on any atom is 0.266 e. The van der Waals surface area contributed by atoms with Gasteiger partial charge in [0, 0.05) is 30.0 Å². The summed E-state index contributed by atoms with van der Waals surface area (Å²) in [5.74, 6) is 0.147. The molecule has 7 heteroatoms. The van der Waals surface area contributed by atoms with Gasteiger partial charge in [0.25, 0.3) is 5.91 Å². The number of carbonyl (C=O) groups excluding carboxylic acids is 2. The number of nitrogens with zero attached hydrogens (tertiary/aromatic N) is 2. The SMILES string of the molecule is CC[C@H]1CCCCN1C(=O)CCCN1C(=O)/C(=C/c2cccc(Br)c2)SC1=S. The molecule has 1 aromatic rings. The second-order valence-corrected chi connectivity index (χ2v) is 9.73. The molecule has 0 spiro atoms. The molecule has 0 N–H and O–H groups in total. The number of likely N-dealkylation sites (tertiary alicyclic amines) is 1. The van der Waals surface area contributed by atoms with Gasteiger partial charge >= 0.3 is 0 Å². The minimum atomic E-state index is -0.0631. The summed E-state index contributed by atoms with van der Waals surface area (Å²) in [4.78, 5) is 29.6. The van der Waals surface area contributed by atoms with Crippen molar-refractivity contribution in [2.24, 2.45) is 0 Å². The minimum Gasteiger partial charge on any atom is -0.340 e. The first kappa shape index (κ1) is 21.5. The number of thioether (sulfide) groups is 1. The molecule has 28 heavy (non-hydrogen) atoms. The number of carbonyl (C=O) groups is 2. The Kier molecular flexibility index (Phi) is 7.71. The molecule has 0 radical (unpaired) electrons. The van der Waals surface area contributed by atoms with E-state index in [4.69, 9.17) is 12.2 Å². The van der Waals surface area contributed by atoms with Crippen molar-refractivity contribution in [2.45, 2.75) is 51.5 Å². The lowest BCUT2D eigenvalue weighted by atomic mass is 9.99. The van der Waals surface area contributed by atoms with Crippen molar-refractivity contribution in [1.29, 1.82) is 0 Å². The van der Waals surface area contributed by atoms with Gasteiger partial charge < -0.3 is 4.90 Å². The van der Waals surface area contributed by atoms with Crippen LogP contribution in [0.4, 0.5) is 0 Å².